The minimum absolute atomic E-state index is 0.260. The molecule has 0 saturated heterocycles. The van der Waals surface area contributed by atoms with Gasteiger partial charge < -0.3 is 0 Å². The van der Waals surface area contributed by atoms with Gasteiger partial charge in [0.05, 0.1) is 4.47 Å². The number of hydrogen-bond acceptors (Lipinski definition) is 1. The summed E-state index contributed by atoms with van der Waals surface area (Å²) >= 11 is 6.50. The molecule has 1 nitrogen and oxygen atoms in total. The summed E-state index contributed by atoms with van der Waals surface area (Å²) in [6.07, 6.45) is 5.40. The van der Waals surface area contributed by atoms with Crippen LogP contribution in [0.15, 0.2) is 45.6 Å². The highest BCUT2D eigenvalue weighted by Gasteiger charge is 2.02. The van der Waals surface area contributed by atoms with Crippen molar-refractivity contribution in [1.29, 1.82) is 0 Å². The summed E-state index contributed by atoms with van der Waals surface area (Å²) in [5.74, 6) is -0.260. The van der Waals surface area contributed by atoms with Crippen LogP contribution in [0, 0.1) is 12.2 Å². The third-order valence-corrected chi connectivity index (χ3v) is 3.04. The monoisotopic (exact) mass is 342 g/mol. The van der Waals surface area contributed by atoms with E-state index in [1.54, 1.807) is 24.5 Å². The van der Waals surface area contributed by atoms with Gasteiger partial charge in [-0.25, -0.2) is 4.39 Å². The van der Waals surface area contributed by atoms with Gasteiger partial charge in [0.25, 0.3) is 0 Å². The largest absolute Gasteiger partial charge is 0.263 e. The molecule has 0 N–H and O–H groups in total. The Balaban J connectivity index is 2.24. The fraction of sp³-hybridized carbons (Fsp3) is 0. The second kappa shape index (κ2) is 5.06. The zero-order valence-electron chi connectivity index (χ0n) is 8.12. The number of rotatable bonds is 2. The predicted molar refractivity (Wildman–Crippen MR) is 68.5 cm³/mol. The van der Waals surface area contributed by atoms with Gasteiger partial charge >= 0.3 is 0 Å². The quantitative estimate of drug-likeness (QED) is 0.790. The summed E-state index contributed by atoms with van der Waals surface area (Å²) in [4.78, 5) is 4.06. The number of aromatic nitrogens is 1. The first-order chi connectivity index (χ1) is 7.65. The zero-order valence-corrected chi connectivity index (χ0v) is 11.3. The van der Waals surface area contributed by atoms with Crippen LogP contribution < -0.4 is 0 Å². The highest BCUT2D eigenvalue weighted by atomic mass is 79.9. The van der Waals surface area contributed by atoms with Crippen molar-refractivity contribution in [2.75, 3.05) is 0 Å². The Bertz CT molecular complexity index is 514. The van der Waals surface area contributed by atoms with Gasteiger partial charge in [-0.15, -0.1) is 0 Å². The van der Waals surface area contributed by atoms with Crippen LogP contribution in [0.2, 0.25) is 0 Å². The van der Waals surface area contributed by atoms with E-state index in [2.05, 4.69) is 36.8 Å². The maximum absolute atomic E-state index is 13.0. The topological polar surface area (TPSA) is 12.9 Å². The Morgan fingerprint density at radius 3 is 2.56 bits per heavy atom. The predicted octanol–water partition coefficient (Wildman–Crippen LogP) is 4.35. The average Bonchev–Trinajstić information content (AvgIpc) is 2.24. The Labute approximate surface area is 110 Å². The molecular weight excluding hydrogens is 337 g/mol. The molecule has 0 fully saturated rings. The van der Waals surface area contributed by atoms with E-state index in [9.17, 15) is 4.39 Å². The summed E-state index contributed by atoms with van der Waals surface area (Å²) in [7, 11) is 0. The third-order valence-electron chi connectivity index (χ3n) is 2.00. The van der Waals surface area contributed by atoms with Crippen molar-refractivity contribution >= 4 is 31.9 Å². The van der Waals surface area contributed by atoms with Crippen LogP contribution >= 0.6 is 31.9 Å². The second-order valence-electron chi connectivity index (χ2n) is 3.25. The number of nitrogens with zero attached hydrogens (tertiary/aromatic N) is 1. The van der Waals surface area contributed by atoms with Gasteiger partial charge in [0, 0.05) is 23.3 Å². The van der Waals surface area contributed by atoms with E-state index in [-0.39, 0.29) is 5.82 Å². The van der Waals surface area contributed by atoms with Crippen LogP contribution in [0.4, 0.5) is 4.39 Å². The Hall–Kier alpha value is -0.740. The number of pyridine rings is 1. The molecule has 0 aliphatic heterocycles. The van der Waals surface area contributed by atoms with Gasteiger partial charge in [-0.1, -0.05) is 6.07 Å². The second-order valence-corrected chi connectivity index (χ2v) is 5.02. The van der Waals surface area contributed by atoms with E-state index >= 15 is 0 Å². The standard InChI is InChI=1S/C12H7Br2FN/c13-10-4-9(6-16-7-10)3-8-1-2-12(15)11(14)5-8/h1-7H. The minimum atomic E-state index is -0.260. The van der Waals surface area contributed by atoms with Crippen molar-refractivity contribution in [3.8, 4) is 0 Å². The van der Waals surface area contributed by atoms with Gasteiger partial charge in [-0.3, -0.25) is 4.98 Å². The fourth-order valence-corrected chi connectivity index (χ4v) is 2.08. The van der Waals surface area contributed by atoms with Crippen molar-refractivity contribution in [3.63, 3.8) is 0 Å². The SMILES string of the molecule is Fc1ccc([CH]c2cncc(Br)c2)cc1Br. The summed E-state index contributed by atoms with van der Waals surface area (Å²) in [5.41, 5.74) is 1.89. The van der Waals surface area contributed by atoms with Gasteiger partial charge in [0.1, 0.15) is 5.82 Å². The van der Waals surface area contributed by atoms with E-state index < -0.39 is 0 Å². The molecule has 0 atom stereocenters. The lowest BCUT2D eigenvalue weighted by Gasteiger charge is -2.03. The number of benzene rings is 1. The Morgan fingerprint density at radius 1 is 1.06 bits per heavy atom. The Kier molecular flexibility index (Phi) is 3.71. The summed E-state index contributed by atoms with van der Waals surface area (Å²) in [5, 5.41) is 0. The first-order valence-corrected chi connectivity index (χ1v) is 6.14. The molecule has 16 heavy (non-hydrogen) atoms. The lowest BCUT2D eigenvalue weighted by Crippen LogP contribution is -1.88. The van der Waals surface area contributed by atoms with Crippen molar-refractivity contribution < 1.29 is 4.39 Å². The van der Waals surface area contributed by atoms with Crippen LogP contribution in [0.3, 0.4) is 0 Å². The molecule has 0 unspecified atom stereocenters. The van der Waals surface area contributed by atoms with E-state index in [0.29, 0.717) is 4.47 Å². The molecule has 81 valence electrons. The molecule has 1 aromatic carbocycles. The Morgan fingerprint density at radius 2 is 1.88 bits per heavy atom. The first-order valence-electron chi connectivity index (χ1n) is 4.55. The van der Waals surface area contributed by atoms with Crippen LogP contribution in [0.25, 0.3) is 0 Å². The molecule has 1 radical (unpaired) electrons. The molecule has 1 heterocycles. The molecular formula is C12H7Br2FN. The van der Waals surface area contributed by atoms with Gasteiger partial charge in [-0.2, -0.15) is 0 Å². The van der Waals surface area contributed by atoms with Gasteiger partial charge in [-0.05, 0) is 61.2 Å². The molecule has 1 aromatic heterocycles. The molecule has 4 heteroatoms. The smallest absolute Gasteiger partial charge is 0.137 e. The zero-order chi connectivity index (χ0) is 11.5. The molecule has 2 rings (SSSR count). The molecule has 2 aromatic rings. The third kappa shape index (κ3) is 2.89. The highest BCUT2D eigenvalue weighted by Crippen LogP contribution is 2.21. The summed E-state index contributed by atoms with van der Waals surface area (Å²) in [6.45, 7) is 0. The number of halogens is 3. The van der Waals surface area contributed by atoms with E-state index in [4.69, 9.17) is 0 Å². The maximum Gasteiger partial charge on any atom is 0.137 e. The summed E-state index contributed by atoms with van der Waals surface area (Å²) in [6, 6.07) is 6.84. The summed E-state index contributed by atoms with van der Waals surface area (Å²) < 4.78 is 14.4. The van der Waals surface area contributed by atoms with Crippen molar-refractivity contribution in [1.82, 2.24) is 4.98 Å². The van der Waals surface area contributed by atoms with Crippen LogP contribution in [0.5, 0.6) is 0 Å². The first kappa shape index (κ1) is 11.7. The van der Waals surface area contributed by atoms with E-state index in [0.717, 1.165) is 15.6 Å². The lowest BCUT2D eigenvalue weighted by atomic mass is 10.1. The molecule has 0 amide bonds. The highest BCUT2D eigenvalue weighted by molar-refractivity contribution is 9.10. The minimum Gasteiger partial charge on any atom is -0.263 e. The molecule has 0 aliphatic rings. The van der Waals surface area contributed by atoms with Crippen molar-refractivity contribution in [2.24, 2.45) is 0 Å². The van der Waals surface area contributed by atoms with Gasteiger partial charge in [0.2, 0.25) is 0 Å². The van der Waals surface area contributed by atoms with Crippen LogP contribution in [0.1, 0.15) is 11.1 Å². The molecule has 0 spiro atoms. The van der Waals surface area contributed by atoms with Gasteiger partial charge in [0.15, 0.2) is 0 Å². The maximum atomic E-state index is 13.0. The normalized spacial score (nSPS) is 10.4. The van der Waals surface area contributed by atoms with E-state index in [1.807, 2.05) is 12.5 Å². The molecule has 0 aliphatic carbocycles. The fourth-order valence-electron chi connectivity index (χ4n) is 1.30. The lowest BCUT2D eigenvalue weighted by molar-refractivity contribution is 0.621. The van der Waals surface area contributed by atoms with Crippen LogP contribution in [-0.2, 0) is 0 Å². The van der Waals surface area contributed by atoms with E-state index in [1.165, 1.54) is 6.07 Å². The molecule has 0 saturated carbocycles. The molecule has 0 bridgehead atoms. The number of hydrogen-bond donors (Lipinski definition) is 0. The average molecular weight is 344 g/mol. The van der Waals surface area contributed by atoms with Crippen molar-refractivity contribution in [2.45, 2.75) is 0 Å². The van der Waals surface area contributed by atoms with Crippen molar-refractivity contribution in [3.05, 3.63) is 69.0 Å². The van der Waals surface area contributed by atoms with Crippen LogP contribution in [-0.4, -0.2) is 4.98 Å².